The Labute approximate surface area is 162 Å². The molecule has 0 spiro atoms. The summed E-state index contributed by atoms with van der Waals surface area (Å²) in [5.74, 6) is 0. The summed E-state index contributed by atoms with van der Waals surface area (Å²) in [6.07, 6.45) is 0. The molecule has 0 saturated heterocycles. The summed E-state index contributed by atoms with van der Waals surface area (Å²) in [7, 11) is -8.39. The van der Waals surface area contributed by atoms with E-state index in [4.69, 9.17) is 12.3 Å². The molecule has 0 bridgehead atoms. The van der Waals surface area contributed by atoms with E-state index in [0.717, 1.165) is 5.19 Å². The highest BCUT2D eigenvalue weighted by atomic mass is 28.5. The van der Waals surface area contributed by atoms with Crippen molar-refractivity contribution in [2.24, 2.45) is 0 Å². The molecule has 0 fully saturated rings. The van der Waals surface area contributed by atoms with Crippen LogP contribution in [0.1, 0.15) is 0 Å². The maximum absolute atomic E-state index is 6.95. The standard InChI is InChI=1S/C17H38O3Si5/c1-21(2)18-25(19-22(3)4,17-13-11-10-12-14-17)20-24(8,9)16-15-23(5,6)7/h10-14,21-22H,15-16H2,1-9H3. The van der Waals surface area contributed by atoms with E-state index in [2.05, 4.69) is 89.3 Å². The van der Waals surface area contributed by atoms with Crippen LogP contribution in [0.5, 0.6) is 0 Å². The van der Waals surface area contributed by atoms with Gasteiger partial charge in [0.2, 0.25) is 0 Å². The Bertz CT molecular complexity index is 505. The lowest BCUT2D eigenvalue weighted by atomic mass is 10.4. The first-order valence-electron chi connectivity index (χ1n) is 9.47. The lowest BCUT2D eigenvalue weighted by Gasteiger charge is -2.40. The molecule has 0 unspecified atom stereocenters. The minimum absolute atomic E-state index is 1.08. The monoisotopic (exact) mass is 430 g/mol. The molecule has 0 radical (unpaired) electrons. The summed E-state index contributed by atoms with van der Waals surface area (Å²) in [5, 5.41) is 1.14. The summed E-state index contributed by atoms with van der Waals surface area (Å²) in [4.78, 5) is 0. The van der Waals surface area contributed by atoms with Crippen LogP contribution in [0.4, 0.5) is 0 Å². The van der Waals surface area contributed by atoms with Crippen molar-refractivity contribution in [3.8, 4) is 0 Å². The largest absolute Gasteiger partial charge is 0.505 e. The second kappa shape index (κ2) is 9.40. The summed E-state index contributed by atoms with van der Waals surface area (Å²) in [6.45, 7) is 20.9. The van der Waals surface area contributed by atoms with Gasteiger partial charge in [0.05, 0.1) is 0 Å². The van der Waals surface area contributed by atoms with E-state index in [-0.39, 0.29) is 0 Å². The molecular weight excluding hydrogens is 393 g/mol. The smallest absolute Gasteiger partial charge is 0.416 e. The fourth-order valence-corrected chi connectivity index (χ4v) is 20.4. The molecule has 0 aliphatic rings. The van der Waals surface area contributed by atoms with Gasteiger partial charge in [-0.2, -0.15) is 0 Å². The third-order valence-electron chi connectivity index (χ3n) is 3.80. The van der Waals surface area contributed by atoms with E-state index in [9.17, 15) is 0 Å². The SMILES string of the molecule is C[SiH](C)O[Si](O[SiH](C)C)(O[Si](C)(C)CC[Si](C)(C)C)c1ccccc1. The van der Waals surface area contributed by atoms with Crippen LogP contribution >= 0.6 is 0 Å². The Morgan fingerprint density at radius 1 is 0.760 bits per heavy atom. The molecule has 25 heavy (non-hydrogen) atoms. The van der Waals surface area contributed by atoms with E-state index in [1.54, 1.807) is 0 Å². The molecule has 8 heteroatoms. The zero-order chi connectivity index (χ0) is 19.3. The number of hydrogen-bond acceptors (Lipinski definition) is 3. The van der Waals surface area contributed by atoms with Crippen molar-refractivity contribution in [3.63, 3.8) is 0 Å². The highest BCUT2D eigenvalue weighted by Gasteiger charge is 2.49. The first-order valence-corrected chi connectivity index (χ1v) is 23.6. The average Bonchev–Trinajstić information content (AvgIpc) is 2.43. The zero-order valence-electron chi connectivity index (χ0n) is 17.7. The normalized spacial score (nSPS) is 13.7. The van der Waals surface area contributed by atoms with Gasteiger partial charge in [0.25, 0.3) is 0 Å². The van der Waals surface area contributed by atoms with Crippen molar-refractivity contribution in [2.45, 2.75) is 71.0 Å². The number of hydrogen-bond donors (Lipinski definition) is 0. The second-order valence-electron chi connectivity index (χ2n) is 9.18. The van der Waals surface area contributed by atoms with Crippen LogP contribution in [0.3, 0.4) is 0 Å². The van der Waals surface area contributed by atoms with Crippen molar-refractivity contribution in [2.75, 3.05) is 0 Å². The van der Waals surface area contributed by atoms with Gasteiger partial charge in [-0.25, -0.2) is 0 Å². The van der Waals surface area contributed by atoms with Crippen molar-refractivity contribution < 1.29 is 12.3 Å². The van der Waals surface area contributed by atoms with Gasteiger partial charge in [0.15, 0.2) is 26.4 Å². The van der Waals surface area contributed by atoms with Crippen LogP contribution in [0.2, 0.25) is 71.0 Å². The first kappa shape index (κ1) is 23.2. The van der Waals surface area contributed by atoms with E-state index in [1.807, 2.05) is 0 Å². The fourth-order valence-electron chi connectivity index (χ4n) is 2.62. The van der Waals surface area contributed by atoms with Gasteiger partial charge >= 0.3 is 8.80 Å². The maximum Gasteiger partial charge on any atom is 0.505 e. The molecule has 1 aromatic carbocycles. The summed E-state index contributed by atoms with van der Waals surface area (Å²) in [6, 6.07) is 13.0. The zero-order valence-corrected chi connectivity index (χ0v) is 23.0. The predicted molar refractivity (Wildman–Crippen MR) is 123 cm³/mol. The summed E-state index contributed by atoms with van der Waals surface area (Å²) in [5.41, 5.74) is 0. The fraction of sp³-hybridized carbons (Fsp3) is 0.647. The topological polar surface area (TPSA) is 27.7 Å². The molecule has 0 amide bonds. The van der Waals surface area contributed by atoms with E-state index in [1.165, 1.54) is 12.1 Å². The second-order valence-corrected chi connectivity index (χ2v) is 27.4. The third kappa shape index (κ3) is 8.61. The summed E-state index contributed by atoms with van der Waals surface area (Å²) < 4.78 is 20.2. The Kier molecular flexibility index (Phi) is 8.73. The van der Waals surface area contributed by atoms with Crippen LogP contribution in [0.15, 0.2) is 30.3 Å². The van der Waals surface area contributed by atoms with Gasteiger partial charge in [-0.3, -0.25) is 0 Å². The highest BCUT2D eigenvalue weighted by molar-refractivity contribution is 6.92. The van der Waals surface area contributed by atoms with Crippen LogP contribution in [0, 0.1) is 0 Å². The predicted octanol–water partition coefficient (Wildman–Crippen LogP) is 4.39. The molecule has 1 aromatic rings. The minimum Gasteiger partial charge on any atom is -0.416 e. The van der Waals surface area contributed by atoms with Gasteiger partial charge < -0.3 is 12.3 Å². The molecule has 0 aromatic heterocycles. The van der Waals surface area contributed by atoms with Crippen LogP contribution in [0.25, 0.3) is 0 Å². The lowest BCUT2D eigenvalue weighted by Crippen LogP contribution is -2.64. The molecule has 0 saturated carbocycles. The number of rotatable bonds is 10. The maximum atomic E-state index is 6.95. The lowest BCUT2D eigenvalue weighted by molar-refractivity contribution is 0.282. The molecule has 0 atom stereocenters. The van der Waals surface area contributed by atoms with Crippen molar-refractivity contribution in [1.29, 1.82) is 0 Å². The Balaban J connectivity index is 3.19. The molecule has 0 heterocycles. The molecule has 1 rings (SSSR count). The van der Waals surface area contributed by atoms with Crippen molar-refractivity contribution in [3.05, 3.63) is 30.3 Å². The highest BCUT2D eigenvalue weighted by Crippen LogP contribution is 2.26. The van der Waals surface area contributed by atoms with Crippen molar-refractivity contribution in [1.82, 2.24) is 0 Å². The molecule has 0 N–H and O–H groups in total. The minimum atomic E-state index is -2.83. The Morgan fingerprint density at radius 2 is 1.24 bits per heavy atom. The average molecular weight is 431 g/mol. The molecular formula is C17H38O3Si5. The first-order chi connectivity index (χ1) is 11.4. The Hall–Kier alpha value is 0.184. The molecule has 144 valence electrons. The third-order valence-corrected chi connectivity index (χ3v) is 18.1. The van der Waals surface area contributed by atoms with E-state index < -0.39 is 43.3 Å². The van der Waals surface area contributed by atoms with Crippen molar-refractivity contribution >= 4 is 48.5 Å². The molecule has 3 nitrogen and oxygen atoms in total. The molecule has 0 aliphatic carbocycles. The van der Waals surface area contributed by atoms with Crippen LogP contribution in [-0.4, -0.2) is 43.3 Å². The number of benzene rings is 1. The quantitative estimate of drug-likeness (QED) is 0.515. The Morgan fingerprint density at radius 3 is 1.64 bits per heavy atom. The van der Waals surface area contributed by atoms with Crippen LogP contribution < -0.4 is 5.19 Å². The van der Waals surface area contributed by atoms with Gasteiger partial charge in [-0.15, -0.1) is 0 Å². The van der Waals surface area contributed by atoms with Gasteiger partial charge in [0, 0.05) is 13.3 Å². The van der Waals surface area contributed by atoms with Crippen LogP contribution in [-0.2, 0) is 12.3 Å². The van der Waals surface area contributed by atoms with Gasteiger partial charge in [-0.1, -0.05) is 56.0 Å². The van der Waals surface area contributed by atoms with Gasteiger partial charge in [-0.05, 0) is 45.3 Å². The molecule has 0 aliphatic heterocycles. The van der Waals surface area contributed by atoms with E-state index >= 15 is 0 Å². The summed E-state index contributed by atoms with van der Waals surface area (Å²) >= 11 is 0. The van der Waals surface area contributed by atoms with E-state index in [0.29, 0.717) is 0 Å². The van der Waals surface area contributed by atoms with Gasteiger partial charge in [0.1, 0.15) is 0 Å².